The summed E-state index contributed by atoms with van der Waals surface area (Å²) in [5.74, 6) is -0.379. The minimum atomic E-state index is -0.377. The summed E-state index contributed by atoms with van der Waals surface area (Å²) in [7, 11) is 0. The van der Waals surface area contributed by atoms with Gasteiger partial charge in [-0.15, -0.1) is 0 Å². The molecule has 1 amide bonds. The van der Waals surface area contributed by atoms with E-state index in [1.54, 1.807) is 10.6 Å². The maximum absolute atomic E-state index is 12.3. The number of oxazole rings is 1. The molecule has 0 fully saturated rings. The van der Waals surface area contributed by atoms with Crippen LogP contribution in [0.25, 0.3) is 11.1 Å². The number of aryl methyl sites for hydroxylation is 2. The van der Waals surface area contributed by atoms with Crippen molar-refractivity contribution in [1.82, 2.24) is 9.88 Å². The number of hydrogen-bond acceptors (Lipinski definition) is 3. The molecule has 136 valence electrons. The zero-order valence-electron chi connectivity index (χ0n) is 15.2. The Hall–Kier alpha value is -2.82. The fourth-order valence-corrected chi connectivity index (χ4v) is 3.11. The van der Waals surface area contributed by atoms with Crippen LogP contribution in [0.2, 0.25) is 0 Å². The van der Waals surface area contributed by atoms with E-state index >= 15 is 0 Å². The lowest BCUT2D eigenvalue weighted by molar-refractivity contribution is -0.122. The Morgan fingerprint density at radius 2 is 1.88 bits per heavy atom. The molecule has 1 N–H and O–H groups in total. The van der Waals surface area contributed by atoms with Crippen LogP contribution >= 0.6 is 0 Å². The number of nitrogens with one attached hydrogen (secondary N) is 1. The normalized spacial score (nSPS) is 12.2. The third-order valence-corrected chi connectivity index (χ3v) is 4.58. The minimum Gasteiger partial charge on any atom is -0.408 e. The lowest BCUT2D eigenvalue weighted by Gasteiger charge is -2.17. The molecule has 3 rings (SSSR count). The molecular weight excluding hydrogens is 328 g/mol. The lowest BCUT2D eigenvalue weighted by Crippen LogP contribution is -2.28. The molecule has 0 aliphatic rings. The quantitative estimate of drug-likeness (QED) is 0.700. The first kappa shape index (κ1) is 18.0. The Morgan fingerprint density at radius 3 is 2.62 bits per heavy atom. The summed E-state index contributed by atoms with van der Waals surface area (Å²) in [5, 5.41) is 3.08. The van der Waals surface area contributed by atoms with Crippen molar-refractivity contribution in [3.63, 3.8) is 0 Å². The molecule has 0 radical (unpaired) electrons. The fourth-order valence-electron chi connectivity index (χ4n) is 3.11. The molecule has 1 atom stereocenters. The molecule has 0 spiro atoms. The SMILES string of the molecule is CCC(NC(=O)CCCn1c(=O)oc2ccccc21)c1ccc(C)cc1. The molecule has 5 heteroatoms. The van der Waals surface area contributed by atoms with Gasteiger partial charge in [-0.25, -0.2) is 4.79 Å². The average Bonchev–Trinajstić information content (AvgIpc) is 2.96. The molecule has 1 aromatic heterocycles. The van der Waals surface area contributed by atoms with Crippen molar-refractivity contribution in [2.45, 2.75) is 45.7 Å². The molecule has 0 bridgehead atoms. The van der Waals surface area contributed by atoms with Gasteiger partial charge in [0.2, 0.25) is 5.91 Å². The minimum absolute atomic E-state index is 0.00160. The van der Waals surface area contributed by atoms with Crippen molar-refractivity contribution in [2.24, 2.45) is 0 Å². The first-order valence-electron chi connectivity index (χ1n) is 9.02. The number of para-hydroxylation sites is 2. The van der Waals surface area contributed by atoms with Crippen LogP contribution in [-0.4, -0.2) is 10.5 Å². The molecule has 3 aromatic rings. The van der Waals surface area contributed by atoms with Gasteiger partial charge in [0.05, 0.1) is 11.6 Å². The van der Waals surface area contributed by atoms with Crippen molar-refractivity contribution in [3.05, 3.63) is 70.2 Å². The highest BCUT2D eigenvalue weighted by Crippen LogP contribution is 2.17. The first-order chi connectivity index (χ1) is 12.6. The number of carbonyl (C=O) groups excluding carboxylic acids is 1. The van der Waals surface area contributed by atoms with Gasteiger partial charge in [0.25, 0.3) is 0 Å². The van der Waals surface area contributed by atoms with E-state index < -0.39 is 0 Å². The van der Waals surface area contributed by atoms with Crippen LogP contribution in [-0.2, 0) is 11.3 Å². The smallest absolute Gasteiger partial charge is 0.408 e. The number of aromatic nitrogens is 1. The second-order valence-electron chi connectivity index (χ2n) is 6.53. The Morgan fingerprint density at radius 1 is 1.15 bits per heavy atom. The summed E-state index contributed by atoms with van der Waals surface area (Å²) in [6.07, 6.45) is 1.79. The molecule has 0 aliphatic carbocycles. The van der Waals surface area contributed by atoms with E-state index in [0.29, 0.717) is 25.0 Å². The van der Waals surface area contributed by atoms with Gasteiger partial charge >= 0.3 is 5.76 Å². The summed E-state index contributed by atoms with van der Waals surface area (Å²) in [6, 6.07) is 15.6. The fraction of sp³-hybridized carbons (Fsp3) is 0.333. The van der Waals surface area contributed by atoms with Crippen LogP contribution in [0.1, 0.15) is 43.4 Å². The van der Waals surface area contributed by atoms with E-state index in [-0.39, 0.29) is 17.7 Å². The maximum Gasteiger partial charge on any atom is 0.419 e. The van der Waals surface area contributed by atoms with Gasteiger partial charge < -0.3 is 9.73 Å². The first-order valence-corrected chi connectivity index (χ1v) is 9.02. The van der Waals surface area contributed by atoms with Crippen molar-refractivity contribution < 1.29 is 9.21 Å². The van der Waals surface area contributed by atoms with Gasteiger partial charge in [-0.1, -0.05) is 48.9 Å². The largest absolute Gasteiger partial charge is 0.419 e. The number of amides is 1. The van der Waals surface area contributed by atoms with Crippen molar-refractivity contribution in [3.8, 4) is 0 Å². The summed E-state index contributed by atoms with van der Waals surface area (Å²) in [5.41, 5.74) is 3.66. The zero-order chi connectivity index (χ0) is 18.5. The summed E-state index contributed by atoms with van der Waals surface area (Å²) in [6.45, 7) is 4.57. The Bertz CT molecular complexity index is 938. The van der Waals surface area contributed by atoms with Crippen LogP contribution in [0.5, 0.6) is 0 Å². The number of rotatable bonds is 7. The number of fused-ring (bicyclic) bond motifs is 1. The molecule has 1 unspecified atom stereocenters. The topological polar surface area (TPSA) is 64.2 Å². The standard InChI is InChI=1S/C21H24N2O3/c1-3-17(16-12-10-15(2)11-13-16)22-20(24)9-6-14-23-18-7-4-5-8-19(18)26-21(23)25/h4-5,7-8,10-13,17H,3,6,9,14H2,1-2H3,(H,22,24). The number of carbonyl (C=O) groups is 1. The predicted molar refractivity (Wildman–Crippen MR) is 102 cm³/mol. The second-order valence-corrected chi connectivity index (χ2v) is 6.53. The van der Waals surface area contributed by atoms with Gasteiger partial charge in [0.1, 0.15) is 0 Å². The van der Waals surface area contributed by atoms with Crippen molar-refractivity contribution >= 4 is 17.0 Å². The van der Waals surface area contributed by atoms with Crippen LogP contribution < -0.4 is 11.1 Å². The molecule has 26 heavy (non-hydrogen) atoms. The van der Waals surface area contributed by atoms with Crippen LogP contribution in [0.3, 0.4) is 0 Å². The number of hydrogen-bond donors (Lipinski definition) is 1. The molecule has 0 aliphatic heterocycles. The number of nitrogens with zero attached hydrogens (tertiary/aromatic N) is 1. The molecular formula is C21H24N2O3. The average molecular weight is 352 g/mol. The third-order valence-electron chi connectivity index (χ3n) is 4.58. The summed E-state index contributed by atoms with van der Waals surface area (Å²) in [4.78, 5) is 24.3. The Kier molecular flexibility index (Phi) is 5.56. The van der Waals surface area contributed by atoms with Crippen LogP contribution in [0, 0.1) is 6.92 Å². The van der Waals surface area contributed by atoms with E-state index in [4.69, 9.17) is 4.42 Å². The van der Waals surface area contributed by atoms with E-state index in [9.17, 15) is 9.59 Å². The molecule has 1 heterocycles. The highest BCUT2D eigenvalue weighted by Gasteiger charge is 2.13. The molecule has 2 aromatic carbocycles. The van der Waals surface area contributed by atoms with Gasteiger partial charge in [-0.05, 0) is 37.5 Å². The van der Waals surface area contributed by atoms with Gasteiger partial charge in [0.15, 0.2) is 5.58 Å². The predicted octanol–water partition coefficient (Wildman–Crippen LogP) is 3.95. The van der Waals surface area contributed by atoms with Crippen LogP contribution in [0.15, 0.2) is 57.7 Å². The van der Waals surface area contributed by atoms with E-state index in [1.807, 2.05) is 25.1 Å². The second kappa shape index (κ2) is 8.04. The lowest BCUT2D eigenvalue weighted by atomic mass is 10.0. The van der Waals surface area contributed by atoms with Crippen LogP contribution in [0.4, 0.5) is 0 Å². The van der Waals surface area contributed by atoms with E-state index in [2.05, 4.69) is 36.5 Å². The molecule has 5 nitrogen and oxygen atoms in total. The maximum atomic E-state index is 12.3. The Balaban J connectivity index is 1.57. The van der Waals surface area contributed by atoms with E-state index in [1.165, 1.54) is 5.56 Å². The van der Waals surface area contributed by atoms with Crippen molar-refractivity contribution in [2.75, 3.05) is 0 Å². The molecule has 0 saturated heterocycles. The third kappa shape index (κ3) is 4.04. The van der Waals surface area contributed by atoms with Crippen molar-refractivity contribution in [1.29, 1.82) is 0 Å². The van der Waals surface area contributed by atoms with Gasteiger partial charge in [-0.3, -0.25) is 9.36 Å². The monoisotopic (exact) mass is 352 g/mol. The zero-order valence-corrected chi connectivity index (χ0v) is 15.2. The molecule has 0 saturated carbocycles. The highest BCUT2D eigenvalue weighted by atomic mass is 16.4. The summed E-state index contributed by atoms with van der Waals surface area (Å²) >= 11 is 0. The van der Waals surface area contributed by atoms with E-state index in [0.717, 1.165) is 17.5 Å². The highest BCUT2D eigenvalue weighted by molar-refractivity contribution is 5.76. The number of benzene rings is 2. The summed E-state index contributed by atoms with van der Waals surface area (Å²) < 4.78 is 6.80. The van der Waals surface area contributed by atoms with Gasteiger partial charge in [-0.2, -0.15) is 0 Å². The van der Waals surface area contributed by atoms with Gasteiger partial charge in [0, 0.05) is 13.0 Å². The Labute approximate surface area is 152 Å².